The average molecular weight is 313 g/mol. The summed E-state index contributed by atoms with van der Waals surface area (Å²) in [6.45, 7) is 0. The molecule has 0 aliphatic carbocycles. The van der Waals surface area contributed by atoms with Crippen molar-refractivity contribution in [2.45, 2.75) is 12.1 Å². The second-order valence-electron chi connectivity index (χ2n) is 5.02. The zero-order valence-electron chi connectivity index (χ0n) is 11.7. The van der Waals surface area contributed by atoms with Gasteiger partial charge in [0.15, 0.2) is 11.8 Å². The Kier molecular flexibility index (Phi) is 2.83. The standard InChI is InChI=1S/C15H11N3O5/c16-13(19)9-11(15-17-5-6-21-15)23-10-7-3-1-2-4-8(7)22-12(10)14(20)18-9/h1-6,9,11H,(H2,16,19)(H,18,20). The lowest BCUT2D eigenvalue weighted by atomic mass is 10.1. The van der Waals surface area contributed by atoms with E-state index in [-0.39, 0.29) is 17.4 Å². The molecule has 2 amide bonds. The molecule has 2 unspecified atom stereocenters. The molecule has 1 aromatic carbocycles. The molecule has 4 rings (SSSR count). The molecule has 0 spiro atoms. The van der Waals surface area contributed by atoms with Gasteiger partial charge in [0.2, 0.25) is 23.7 Å². The van der Waals surface area contributed by atoms with Crippen LogP contribution in [0, 0.1) is 0 Å². The van der Waals surface area contributed by atoms with Crippen molar-refractivity contribution in [2.75, 3.05) is 0 Å². The number of nitrogens with one attached hydrogen (secondary N) is 1. The number of carbonyl (C=O) groups is 2. The van der Waals surface area contributed by atoms with Crippen molar-refractivity contribution in [2.24, 2.45) is 5.73 Å². The maximum absolute atomic E-state index is 12.4. The second-order valence-corrected chi connectivity index (χ2v) is 5.02. The molecule has 1 aliphatic heterocycles. The number of rotatable bonds is 2. The number of hydrogen-bond donors (Lipinski definition) is 2. The van der Waals surface area contributed by atoms with Crippen LogP contribution >= 0.6 is 0 Å². The van der Waals surface area contributed by atoms with Gasteiger partial charge in [0.25, 0.3) is 5.91 Å². The number of amides is 2. The molecule has 0 saturated carbocycles. The Morgan fingerprint density at radius 1 is 1.30 bits per heavy atom. The van der Waals surface area contributed by atoms with Crippen molar-refractivity contribution in [1.29, 1.82) is 0 Å². The lowest BCUT2D eigenvalue weighted by Crippen LogP contribution is -2.48. The van der Waals surface area contributed by atoms with E-state index in [1.807, 2.05) is 0 Å². The third-order valence-electron chi connectivity index (χ3n) is 3.59. The smallest absolute Gasteiger partial charge is 0.291 e. The molecule has 2 atom stereocenters. The summed E-state index contributed by atoms with van der Waals surface area (Å²) in [6, 6.07) is 5.90. The van der Waals surface area contributed by atoms with E-state index in [2.05, 4.69) is 10.3 Å². The van der Waals surface area contributed by atoms with Crippen molar-refractivity contribution >= 4 is 22.8 Å². The van der Waals surface area contributed by atoms with Crippen molar-refractivity contribution < 1.29 is 23.2 Å². The number of aromatic nitrogens is 1. The number of oxazole rings is 1. The van der Waals surface area contributed by atoms with Crippen LogP contribution in [-0.4, -0.2) is 22.8 Å². The fraction of sp³-hybridized carbons (Fsp3) is 0.133. The number of nitrogens with two attached hydrogens (primary N) is 1. The topological polar surface area (TPSA) is 121 Å². The van der Waals surface area contributed by atoms with Gasteiger partial charge in [-0.05, 0) is 12.1 Å². The molecule has 3 N–H and O–H groups in total. The van der Waals surface area contributed by atoms with Gasteiger partial charge in [-0.1, -0.05) is 12.1 Å². The number of primary amides is 1. The summed E-state index contributed by atoms with van der Waals surface area (Å²) in [5.74, 6) is -1.02. The number of ether oxygens (including phenoxy) is 1. The highest BCUT2D eigenvalue weighted by molar-refractivity contribution is 6.03. The van der Waals surface area contributed by atoms with Gasteiger partial charge in [0, 0.05) is 0 Å². The fourth-order valence-electron chi connectivity index (χ4n) is 2.55. The zero-order valence-corrected chi connectivity index (χ0v) is 11.7. The first-order valence-corrected chi connectivity index (χ1v) is 6.83. The van der Waals surface area contributed by atoms with Crippen LogP contribution in [-0.2, 0) is 4.79 Å². The molecule has 3 heterocycles. The summed E-state index contributed by atoms with van der Waals surface area (Å²) >= 11 is 0. The van der Waals surface area contributed by atoms with Crippen LogP contribution < -0.4 is 15.8 Å². The third kappa shape index (κ3) is 2.03. The Hall–Kier alpha value is -3.29. The van der Waals surface area contributed by atoms with Crippen LogP contribution in [0.1, 0.15) is 22.5 Å². The monoisotopic (exact) mass is 313 g/mol. The summed E-state index contributed by atoms with van der Waals surface area (Å²) in [7, 11) is 0. The Balaban J connectivity index is 1.89. The van der Waals surface area contributed by atoms with E-state index in [0.717, 1.165) is 0 Å². The first-order chi connectivity index (χ1) is 11.1. The van der Waals surface area contributed by atoms with E-state index in [9.17, 15) is 9.59 Å². The first-order valence-electron chi connectivity index (χ1n) is 6.83. The predicted octanol–water partition coefficient (Wildman–Crippen LogP) is 1.14. The number of hydrogen-bond acceptors (Lipinski definition) is 6. The summed E-state index contributed by atoms with van der Waals surface area (Å²) in [4.78, 5) is 28.1. The van der Waals surface area contributed by atoms with Crippen LogP contribution in [0.4, 0.5) is 0 Å². The summed E-state index contributed by atoms with van der Waals surface area (Å²) in [5.41, 5.74) is 5.87. The first kappa shape index (κ1) is 13.4. The van der Waals surface area contributed by atoms with Gasteiger partial charge in [-0.3, -0.25) is 9.59 Å². The molecule has 23 heavy (non-hydrogen) atoms. The molecular weight excluding hydrogens is 302 g/mol. The predicted molar refractivity (Wildman–Crippen MR) is 76.5 cm³/mol. The van der Waals surface area contributed by atoms with Gasteiger partial charge >= 0.3 is 0 Å². The molecule has 3 aromatic rings. The van der Waals surface area contributed by atoms with E-state index in [1.54, 1.807) is 24.3 Å². The molecular formula is C15H11N3O5. The van der Waals surface area contributed by atoms with Gasteiger partial charge in [-0.25, -0.2) is 4.98 Å². The maximum atomic E-state index is 12.4. The molecule has 116 valence electrons. The SMILES string of the molecule is NC(=O)C1NC(=O)c2oc3ccccc3c2OC1c1ncco1. The normalized spacial score (nSPS) is 20.4. The van der Waals surface area contributed by atoms with Gasteiger partial charge in [-0.15, -0.1) is 0 Å². The van der Waals surface area contributed by atoms with Crippen molar-refractivity contribution in [1.82, 2.24) is 10.3 Å². The number of fused-ring (bicyclic) bond motifs is 3. The third-order valence-corrected chi connectivity index (χ3v) is 3.59. The highest BCUT2D eigenvalue weighted by Gasteiger charge is 2.41. The minimum atomic E-state index is -1.14. The van der Waals surface area contributed by atoms with Crippen LogP contribution in [0.2, 0.25) is 0 Å². The number of carbonyl (C=O) groups excluding carboxylic acids is 2. The van der Waals surface area contributed by atoms with Crippen molar-refractivity contribution in [3.8, 4) is 5.75 Å². The minimum absolute atomic E-state index is 0.0218. The van der Waals surface area contributed by atoms with Crippen molar-refractivity contribution in [3.05, 3.63) is 48.4 Å². The Morgan fingerprint density at radius 3 is 2.87 bits per heavy atom. The molecule has 0 fully saturated rings. The lowest BCUT2D eigenvalue weighted by molar-refractivity contribution is -0.122. The lowest BCUT2D eigenvalue weighted by Gasteiger charge is -2.20. The van der Waals surface area contributed by atoms with E-state index in [1.165, 1.54) is 12.5 Å². The summed E-state index contributed by atoms with van der Waals surface area (Å²) < 4.78 is 16.6. The molecule has 0 bridgehead atoms. The van der Waals surface area contributed by atoms with Crippen LogP contribution in [0.3, 0.4) is 0 Å². The van der Waals surface area contributed by atoms with Gasteiger partial charge in [-0.2, -0.15) is 0 Å². The summed E-state index contributed by atoms with van der Waals surface area (Å²) in [5, 5.41) is 3.11. The molecule has 2 aromatic heterocycles. The van der Waals surface area contributed by atoms with Crippen molar-refractivity contribution in [3.63, 3.8) is 0 Å². The fourth-order valence-corrected chi connectivity index (χ4v) is 2.55. The average Bonchev–Trinajstić information content (AvgIpc) is 3.15. The van der Waals surface area contributed by atoms with Gasteiger partial charge in [0.1, 0.15) is 11.8 Å². The van der Waals surface area contributed by atoms with Gasteiger partial charge in [0.05, 0.1) is 11.6 Å². The molecule has 8 heteroatoms. The van der Waals surface area contributed by atoms with Crippen LogP contribution in [0.25, 0.3) is 11.0 Å². The maximum Gasteiger partial charge on any atom is 0.291 e. The molecule has 1 aliphatic rings. The molecule has 0 saturated heterocycles. The quantitative estimate of drug-likeness (QED) is 0.732. The summed E-state index contributed by atoms with van der Waals surface area (Å²) in [6.07, 6.45) is 1.77. The largest absolute Gasteiger partial charge is 0.473 e. The Labute approximate surface area is 129 Å². The highest BCUT2D eigenvalue weighted by atomic mass is 16.5. The van der Waals surface area contributed by atoms with Crippen LogP contribution in [0.15, 0.2) is 45.6 Å². The second kappa shape index (κ2) is 4.87. The zero-order chi connectivity index (χ0) is 16.0. The number of para-hydroxylation sites is 1. The van der Waals surface area contributed by atoms with Gasteiger partial charge < -0.3 is 24.6 Å². The number of nitrogens with zero attached hydrogens (tertiary/aromatic N) is 1. The van der Waals surface area contributed by atoms with E-state index < -0.39 is 24.0 Å². The highest BCUT2D eigenvalue weighted by Crippen LogP contribution is 2.38. The van der Waals surface area contributed by atoms with E-state index >= 15 is 0 Å². The minimum Gasteiger partial charge on any atom is -0.473 e. The Morgan fingerprint density at radius 2 is 2.13 bits per heavy atom. The molecule has 0 radical (unpaired) electrons. The van der Waals surface area contributed by atoms with E-state index in [0.29, 0.717) is 11.0 Å². The van der Waals surface area contributed by atoms with E-state index in [4.69, 9.17) is 19.3 Å². The Bertz CT molecular complexity index is 899. The van der Waals surface area contributed by atoms with Crippen LogP contribution in [0.5, 0.6) is 5.75 Å². The molecule has 8 nitrogen and oxygen atoms in total. The number of furan rings is 1. The number of benzene rings is 1.